The zero-order chi connectivity index (χ0) is 12.3. The van der Waals surface area contributed by atoms with Crippen LogP contribution in [0.4, 0.5) is 11.4 Å². The first kappa shape index (κ1) is 11.7. The van der Waals surface area contributed by atoms with Gasteiger partial charge in [0.1, 0.15) is 0 Å². The van der Waals surface area contributed by atoms with E-state index in [-0.39, 0.29) is 0 Å². The second kappa shape index (κ2) is 5.02. The first-order valence-corrected chi connectivity index (χ1v) is 5.82. The molecule has 88 valence electrons. The molecule has 2 aromatic carbocycles. The van der Waals surface area contributed by atoms with Gasteiger partial charge in [-0.25, -0.2) is 5.06 Å². The van der Waals surface area contributed by atoms with Crippen LogP contribution in [0.5, 0.6) is 0 Å². The van der Waals surface area contributed by atoms with Crippen LogP contribution in [0.1, 0.15) is 25.3 Å². The van der Waals surface area contributed by atoms with Gasteiger partial charge in [0.25, 0.3) is 0 Å². The minimum absolute atomic E-state index is 0.507. The van der Waals surface area contributed by atoms with Crippen molar-refractivity contribution >= 4 is 11.4 Å². The van der Waals surface area contributed by atoms with E-state index in [1.807, 2.05) is 54.6 Å². The van der Waals surface area contributed by atoms with Gasteiger partial charge in [0.15, 0.2) is 0 Å². The van der Waals surface area contributed by atoms with Crippen molar-refractivity contribution in [2.75, 3.05) is 5.06 Å². The Morgan fingerprint density at radius 2 is 1.35 bits per heavy atom. The molecule has 2 aromatic rings. The van der Waals surface area contributed by atoms with Crippen molar-refractivity contribution in [3.05, 3.63) is 60.2 Å². The van der Waals surface area contributed by atoms with Gasteiger partial charge in [0.2, 0.25) is 0 Å². The molecule has 0 amide bonds. The van der Waals surface area contributed by atoms with Crippen LogP contribution in [-0.4, -0.2) is 5.21 Å². The van der Waals surface area contributed by atoms with Gasteiger partial charge in [-0.3, -0.25) is 5.21 Å². The highest BCUT2D eigenvalue weighted by Gasteiger charge is 2.06. The molecule has 2 rings (SSSR count). The monoisotopic (exact) mass is 227 g/mol. The molecular weight excluding hydrogens is 210 g/mol. The van der Waals surface area contributed by atoms with E-state index in [1.54, 1.807) is 0 Å². The van der Waals surface area contributed by atoms with Gasteiger partial charge < -0.3 is 0 Å². The molecule has 0 bridgehead atoms. The predicted octanol–water partition coefficient (Wildman–Crippen LogP) is 4.34. The van der Waals surface area contributed by atoms with Crippen LogP contribution < -0.4 is 5.06 Å². The lowest BCUT2D eigenvalue weighted by Gasteiger charge is -2.17. The highest BCUT2D eigenvalue weighted by Crippen LogP contribution is 2.24. The normalized spacial score (nSPS) is 10.6. The first-order valence-electron chi connectivity index (χ1n) is 5.82. The zero-order valence-corrected chi connectivity index (χ0v) is 10.2. The molecule has 0 spiro atoms. The Balaban J connectivity index is 2.23. The number of benzene rings is 2. The maximum Gasteiger partial charge on any atom is 0.0693 e. The summed E-state index contributed by atoms with van der Waals surface area (Å²) in [5.41, 5.74) is 2.82. The minimum Gasteiger partial charge on any atom is -0.284 e. The summed E-state index contributed by atoms with van der Waals surface area (Å²) >= 11 is 0. The van der Waals surface area contributed by atoms with E-state index >= 15 is 0 Å². The fraction of sp³-hybridized carbons (Fsp3) is 0.200. The summed E-state index contributed by atoms with van der Waals surface area (Å²) in [5.74, 6) is 0.507. The Morgan fingerprint density at radius 3 is 1.88 bits per heavy atom. The molecular formula is C15H17NO. The topological polar surface area (TPSA) is 23.5 Å². The maximum atomic E-state index is 10.1. The number of hydrogen-bond donors (Lipinski definition) is 1. The zero-order valence-electron chi connectivity index (χ0n) is 10.2. The predicted molar refractivity (Wildman–Crippen MR) is 70.9 cm³/mol. The summed E-state index contributed by atoms with van der Waals surface area (Å²) in [6.45, 7) is 4.31. The third-order valence-corrected chi connectivity index (χ3v) is 2.81. The van der Waals surface area contributed by atoms with Crippen molar-refractivity contribution in [1.82, 2.24) is 0 Å². The van der Waals surface area contributed by atoms with Gasteiger partial charge in [-0.2, -0.15) is 0 Å². The average Bonchev–Trinajstić information content (AvgIpc) is 2.39. The molecule has 2 heteroatoms. The molecule has 0 aromatic heterocycles. The number of rotatable bonds is 3. The second-order valence-electron chi connectivity index (χ2n) is 4.39. The summed E-state index contributed by atoms with van der Waals surface area (Å²) in [6, 6.07) is 17.4. The molecule has 0 aliphatic carbocycles. The van der Waals surface area contributed by atoms with Crippen LogP contribution in [0, 0.1) is 0 Å². The summed E-state index contributed by atoms with van der Waals surface area (Å²) in [4.78, 5) is 0. The van der Waals surface area contributed by atoms with E-state index < -0.39 is 0 Å². The van der Waals surface area contributed by atoms with Crippen molar-refractivity contribution in [2.45, 2.75) is 19.8 Å². The number of hydrogen-bond acceptors (Lipinski definition) is 2. The third kappa shape index (κ3) is 2.66. The highest BCUT2D eigenvalue weighted by molar-refractivity contribution is 5.60. The molecule has 0 saturated heterocycles. The third-order valence-electron chi connectivity index (χ3n) is 2.81. The quantitative estimate of drug-likeness (QED) is 0.788. The van der Waals surface area contributed by atoms with Crippen molar-refractivity contribution in [3.63, 3.8) is 0 Å². The van der Waals surface area contributed by atoms with Gasteiger partial charge >= 0.3 is 0 Å². The van der Waals surface area contributed by atoms with E-state index in [0.717, 1.165) is 11.4 Å². The Morgan fingerprint density at radius 1 is 0.824 bits per heavy atom. The first-order chi connectivity index (χ1) is 8.18. The molecule has 0 unspecified atom stereocenters. The number of anilines is 2. The fourth-order valence-electron chi connectivity index (χ4n) is 1.72. The summed E-state index contributed by atoms with van der Waals surface area (Å²) in [7, 11) is 0. The molecule has 0 atom stereocenters. The van der Waals surface area contributed by atoms with Crippen LogP contribution in [0.3, 0.4) is 0 Å². The Labute approximate surface area is 102 Å². The molecule has 0 radical (unpaired) electrons. The molecule has 0 heterocycles. The standard InChI is InChI=1S/C15H17NO/c1-12(2)13-8-10-15(11-9-13)16(17)14-6-4-3-5-7-14/h3-12,17H,1-2H3. The molecule has 1 N–H and O–H groups in total. The van der Waals surface area contributed by atoms with Gasteiger partial charge in [0.05, 0.1) is 11.4 Å². The Bertz CT molecular complexity index is 462. The number of nitrogens with zero attached hydrogens (tertiary/aromatic N) is 1. The summed E-state index contributed by atoms with van der Waals surface area (Å²) < 4.78 is 0. The lowest BCUT2D eigenvalue weighted by Crippen LogP contribution is -2.10. The van der Waals surface area contributed by atoms with E-state index in [9.17, 15) is 5.21 Å². The summed E-state index contributed by atoms with van der Waals surface area (Å²) in [6.07, 6.45) is 0. The van der Waals surface area contributed by atoms with Crippen molar-refractivity contribution in [3.8, 4) is 0 Å². The van der Waals surface area contributed by atoms with E-state index in [1.165, 1.54) is 10.6 Å². The van der Waals surface area contributed by atoms with E-state index in [2.05, 4.69) is 13.8 Å². The van der Waals surface area contributed by atoms with Crippen molar-refractivity contribution < 1.29 is 5.21 Å². The Kier molecular flexibility index (Phi) is 3.45. The van der Waals surface area contributed by atoms with Crippen LogP contribution in [0.15, 0.2) is 54.6 Å². The highest BCUT2D eigenvalue weighted by atomic mass is 16.5. The average molecular weight is 227 g/mol. The largest absolute Gasteiger partial charge is 0.284 e. The van der Waals surface area contributed by atoms with Crippen LogP contribution in [0.2, 0.25) is 0 Å². The Hall–Kier alpha value is -1.80. The smallest absolute Gasteiger partial charge is 0.0693 e. The molecule has 0 aliphatic heterocycles. The van der Waals surface area contributed by atoms with Crippen molar-refractivity contribution in [1.29, 1.82) is 0 Å². The van der Waals surface area contributed by atoms with Gasteiger partial charge in [-0.15, -0.1) is 0 Å². The van der Waals surface area contributed by atoms with Gasteiger partial charge in [-0.05, 0) is 35.7 Å². The van der Waals surface area contributed by atoms with E-state index in [4.69, 9.17) is 0 Å². The SMILES string of the molecule is CC(C)c1ccc(N(O)c2ccccc2)cc1. The second-order valence-corrected chi connectivity index (χ2v) is 4.39. The maximum absolute atomic E-state index is 10.1. The van der Waals surface area contributed by atoms with Crippen LogP contribution in [0.25, 0.3) is 0 Å². The molecule has 0 aliphatic rings. The number of para-hydroxylation sites is 1. The van der Waals surface area contributed by atoms with E-state index in [0.29, 0.717) is 5.92 Å². The lowest BCUT2D eigenvalue weighted by molar-refractivity contribution is 0.301. The van der Waals surface area contributed by atoms with Gasteiger partial charge in [0, 0.05) is 0 Å². The minimum atomic E-state index is 0.507. The molecule has 0 fully saturated rings. The van der Waals surface area contributed by atoms with Crippen LogP contribution in [-0.2, 0) is 0 Å². The lowest BCUT2D eigenvalue weighted by atomic mass is 10.0. The summed E-state index contributed by atoms with van der Waals surface area (Å²) in [5, 5.41) is 11.3. The fourth-order valence-corrected chi connectivity index (χ4v) is 1.72. The molecule has 2 nitrogen and oxygen atoms in total. The molecule has 17 heavy (non-hydrogen) atoms. The van der Waals surface area contributed by atoms with Gasteiger partial charge in [-0.1, -0.05) is 44.2 Å². The van der Waals surface area contributed by atoms with Crippen molar-refractivity contribution in [2.24, 2.45) is 0 Å². The van der Waals surface area contributed by atoms with Crippen LogP contribution >= 0.6 is 0 Å². The molecule has 0 saturated carbocycles.